The average molecular weight is 327 g/mol. The molecule has 1 atom stereocenters. The van der Waals surface area contributed by atoms with Crippen LogP contribution in [0, 0.1) is 5.82 Å². The van der Waals surface area contributed by atoms with Crippen LogP contribution in [-0.4, -0.2) is 68.6 Å². The number of nitrogens with one attached hydrogen (secondary N) is 2. The zero-order valence-electron chi connectivity index (χ0n) is 13.0. The highest BCUT2D eigenvalue weighted by atomic mass is 19.1. The van der Waals surface area contributed by atoms with E-state index in [1.54, 1.807) is 0 Å². The summed E-state index contributed by atoms with van der Waals surface area (Å²) in [6.45, 7) is 3.46. The molecule has 128 valence electrons. The summed E-state index contributed by atoms with van der Waals surface area (Å²) >= 11 is 0. The SMILES string of the molecule is COc1cc(F)ccc1NC(=O)NCC(O)CN1CCOCC1. The van der Waals surface area contributed by atoms with E-state index in [2.05, 4.69) is 15.5 Å². The lowest BCUT2D eigenvalue weighted by Crippen LogP contribution is -2.45. The number of ether oxygens (including phenoxy) is 2. The van der Waals surface area contributed by atoms with Gasteiger partial charge in [0.15, 0.2) is 0 Å². The van der Waals surface area contributed by atoms with E-state index in [1.807, 2.05) is 0 Å². The number of aliphatic hydroxyl groups is 1. The van der Waals surface area contributed by atoms with E-state index in [-0.39, 0.29) is 12.3 Å². The summed E-state index contributed by atoms with van der Waals surface area (Å²) in [4.78, 5) is 13.9. The molecule has 1 aromatic carbocycles. The first kappa shape index (κ1) is 17.5. The number of urea groups is 1. The quantitative estimate of drug-likeness (QED) is 0.715. The minimum absolute atomic E-state index is 0.118. The van der Waals surface area contributed by atoms with Crippen LogP contribution in [0.1, 0.15) is 0 Å². The van der Waals surface area contributed by atoms with E-state index in [4.69, 9.17) is 9.47 Å². The van der Waals surface area contributed by atoms with Gasteiger partial charge in [0.25, 0.3) is 0 Å². The van der Waals surface area contributed by atoms with Crippen LogP contribution in [0.5, 0.6) is 5.75 Å². The predicted octanol–water partition coefficient (Wildman–Crippen LogP) is 0.649. The Hall–Kier alpha value is -1.90. The summed E-state index contributed by atoms with van der Waals surface area (Å²) in [5.41, 5.74) is 0.356. The summed E-state index contributed by atoms with van der Waals surface area (Å²) in [5.74, 6) is -0.220. The maximum absolute atomic E-state index is 13.1. The van der Waals surface area contributed by atoms with Crippen molar-refractivity contribution in [2.24, 2.45) is 0 Å². The molecule has 1 fully saturated rings. The molecule has 8 heteroatoms. The molecule has 0 aromatic heterocycles. The van der Waals surface area contributed by atoms with Crippen LogP contribution in [0.25, 0.3) is 0 Å². The molecular formula is C15H22FN3O4. The highest BCUT2D eigenvalue weighted by Gasteiger charge is 2.16. The predicted molar refractivity (Wildman–Crippen MR) is 83.2 cm³/mol. The molecule has 1 heterocycles. The Balaban J connectivity index is 1.76. The first-order chi connectivity index (χ1) is 11.1. The highest BCUT2D eigenvalue weighted by molar-refractivity contribution is 5.90. The van der Waals surface area contributed by atoms with Gasteiger partial charge in [-0.1, -0.05) is 0 Å². The molecular weight excluding hydrogens is 305 g/mol. The molecule has 2 rings (SSSR count). The Bertz CT molecular complexity index is 523. The largest absolute Gasteiger partial charge is 0.494 e. The van der Waals surface area contributed by atoms with Crippen LogP contribution in [0.15, 0.2) is 18.2 Å². The Morgan fingerprint density at radius 1 is 1.48 bits per heavy atom. The van der Waals surface area contributed by atoms with Gasteiger partial charge in [-0.05, 0) is 12.1 Å². The molecule has 0 spiro atoms. The van der Waals surface area contributed by atoms with Gasteiger partial charge in [0.2, 0.25) is 0 Å². The summed E-state index contributed by atoms with van der Waals surface area (Å²) in [7, 11) is 1.39. The van der Waals surface area contributed by atoms with Crippen LogP contribution in [-0.2, 0) is 4.74 Å². The Kier molecular flexibility index (Phi) is 6.57. The second-order valence-corrected chi connectivity index (χ2v) is 5.25. The van der Waals surface area contributed by atoms with Gasteiger partial charge in [0, 0.05) is 32.2 Å². The third-order valence-corrected chi connectivity index (χ3v) is 3.48. The zero-order valence-corrected chi connectivity index (χ0v) is 13.0. The number of methoxy groups -OCH3 is 1. The smallest absolute Gasteiger partial charge is 0.319 e. The van der Waals surface area contributed by atoms with Crippen LogP contribution in [0.3, 0.4) is 0 Å². The van der Waals surface area contributed by atoms with Crippen LogP contribution in [0.4, 0.5) is 14.9 Å². The maximum Gasteiger partial charge on any atom is 0.319 e. The van der Waals surface area contributed by atoms with Crippen molar-refractivity contribution in [2.45, 2.75) is 6.10 Å². The Morgan fingerprint density at radius 3 is 2.91 bits per heavy atom. The highest BCUT2D eigenvalue weighted by Crippen LogP contribution is 2.24. The summed E-state index contributed by atoms with van der Waals surface area (Å²) in [5, 5.41) is 15.1. The van der Waals surface area contributed by atoms with Crippen molar-refractivity contribution >= 4 is 11.7 Å². The number of morpholine rings is 1. The van der Waals surface area contributed by atoms with Crippen molar-refractivity contribution in [1.82, 2.24) is 10.2 Å². The molecule has 7 nitrogen and oxygen atoms in total. The van der Waals surface area contributed by atoms with Gasteiger partial charge >= 0.3 is 6.03 Å². The number of β-amino-alcohol motifs (C(OH)–C–C–N with tert-alkyl or cyclic N) is 1. The third-order valence-electron chi connectivity index (χ3n) is 3.48. The van der Waals surface area contributed by atoms with Gasteiger partial charge in [0.1, 0.15) is 11.6 Å². The molecule has 1 unspecified atom stereocenters. The lowest BCUT2D eigenvalue weighted by atomic mass is 10.3. The fourth-order valence-corrected chi connectivity index (χ4v) is 2.29. The molecule has 2 amide bonds. The minimum Gasteiger partial charge on any atom is -0.494 e. The van der Waals surface area contributed by atoms with Gasteiger partial charge in [-0.15, -0.1) is 0 Å². The first-order valence-corrected chi connectivity index (χ1v) is 7.45. The van der Waals surface area contributed by atoms with Gasteiger partial charge in [0.05, 0.1) is 32.1 Å². The van der Waals surface area contributed by atoms with Crippen molar-refractivity contribution in [2.75, 3.05) is 51.8 Å². The molecule has 0 saturated carbocycles. The van der Waals surface area contributed by atoms with E-state index in [0.29, 0.717) is 25.4 Å². The van der Waals surface area contributed by atoms with E-state index in [9.17, 15) is 14.3 Å². The summed E-state index contributed by atoms with van der Waals surface area (Å²) in [6.07, 6.45) is -0.672. The van der Waals surface area contributed by atoms with Crippen molar-refractivity contribution in [3.8, 4) is 5.75 Å². The fraction of sp³-hybridized carbons (Fsp3) is 0.533. The maximum atomic E-state index is 13.1. The van der Waals surface area contributed by atoms with Gasteiger partial charge < -0.3 is 25.2 Å². The zero-order chi connectivity index (χ0) is 16.7. The third kappa shape index (κ3) is 5.66. The number of benzene rings is 1. The number of hydrogen-bond acceptors (Lipinski definition) is 5. The Labute approximate surface area is 134 Å². The van der Waals surface area contributed by atoms with Crippen molar-refractivity contribution in [3.05, 3.63) is 24.0 Å². The Morgan fingerprint density at radius 2 is 2.22 bits per heavy atom. The number of halogens is 1. The van der Waals surface area contributed by atoms with Gasteiger partial charge in [-0.25, -0.2) is 9.18 Å². The lowest BCUT2D eigenvalue weighted by Gasteiger charge is -2.28. The number of aliphatic hydroxyl groups excluding tert-OH is 1. The number of carbonyl (C=O) groups excluding carboxylic acids is 1. The normalized spacial score (nSPS) is 16.7. The van der Waals surface area contributed by atoms with Crippen LogP contribution in [0.2, 0.25) is 0 Å². The summed E-state index contributed by atoms with van der Waals surface area (Å²) in [6, 6.07) is 3.34. The number of carbonyl (C=O) groups is 1. The first-order valence-electron chi connectivity index (χ1n) is 7.45. The second-order valence-electron chi connectivity index (χ2n) is 5.25. The van der Waals surface area contributed by atoms with Gasteiger partial charge in [-0.2, -0.15) is 0 Å². The number of nitrogens with zero attached hydrogens (tertiary/aromatic N) is 1. The lowest BCUT2D eigenvalue weighted by molar-refractivity contribution is 0.0154. The number of anilines is 1. The molecule has 3 N–H and O–H groups in total. The molecule has 1 aliphatic rings. The van der Waals surface area contributed by atoms with Crippen LogP contribution < -0.4 is 15.4 Å². The molecule has 0 radical (unpaired) electrons. The molecule has 1 saturated heterocycles. The molecule has 1 aliphatic heterocycles. The number of rotatable bonds is 6. The van der Waals surface area contributed by atoms with E-state index < -0.39 is 18.0 Å². The molecule has 1 aromatic rings. The molecule has 0 bridgehead atoms. The molecule has 0 aliphatic carbocycles. The number of hydrogen-bond donors (Lipinski definition) is 3. The van der Waals surface area contributed by atoms with E-state index in [0.717, 1.165) is 13.1 Å². The van der Waals surface area contributed by atoms with Crippen LogP contribution >= 0.6 is 0 Å². The van der Waals surface area contributed by atoms with Crippen molar-refractivity contribution in [3.63, 3.8) is 0 Å². The van der Waals surface area contributed by atoms with E-state index >= 15 is 0 Å². The fourth-order valence-electron chi connectivity index (χ4n) is 2.29. The standard InChI is InChI=1S/C15H22FN3O4/c1-22-14-8-11(16)2-3-13(14)18-15(21)17-9-12(20)10-19-4-6-23-7-5-19/h2-3,8,12,20H,4-7,9-10H2,1H3,(H2,17,18,21). The van der Waals surface area contributed by atoms with Crippen molar-refractivity contribution in [1.29, 1.82) is 0 Å². The topological polar surface area (TPSA) is 83.1 Å². The second kappa shape index (κ2) is 8.66. The minimum atomic E-state index is -0.672. The van der Waals surface area contributed by atoms with Crippen molar-refractivity contribution < 1.29 is 23.8 Å². The van der Waals surface area contributed by atoms with Gasteiger partial charge in [-0.3, -0.25) is 4.90 Å². The molecule has 23 heavy (non-hydrogen) atoms. The summed E-state index contributed by atoms with van der Waals surface area (Å²) < 4.78 is 23.3. The number of amides is 2. The van der Waals surface area contributed by atoms with E-state index in [1.165, 1.54) is 25.3 Å². The average Bonchev–Trinajstić information content (AvgIpc) is 2.55. The monoisotopic (exact) mass is 327 g/mol.